The lowest BCUT2D eigenvalue weighted by Gasteiger charge is -2.21. The van der Waals surface area contributed by atoms with Crippen LogP contribution in [0.2, 0.25) is 0 Å². The summed E-state index contributed by atoms with van der Waals surface area (Å²) in [4.78, 5) is 4.47. The van der Waals surface area contributed by atoms with Gasteiger partial charge in [-0.2, -0.15) is 0 Å². The molecular formula is C12H21N3. The van der Waals surface area contributed by atoms with Crippen molar-refractivity contribution < 1.29 is 0 Å². The number of anilines is 2. The molecule has 0 saturated carbocycles. The van der Waals surface area contributed by atoms with Crippen LogP contribution in [0.1, 0.15) is 34.1 Å². The second-order valence-corrected chi connectivity index (χ2v) is 4.71. The van der Waals surface area contributed by atoms with Gasteiger partial charge < -0.3 is 10.6 Å². The number of hydrogen-bond donors (Lipinski definition) is 2. The SMILES string of the molecule is CCCNc1cccc(NC(C)(C)C)n1. The van der Waals surface area contributed by atoms with Gasteiger partial charge >= 0.3 is 0 Å². The first kappa shape index (κ1) is 11.8. The molecule has 1 heterocycles. The molecule has 0 amide bonds. The quantitative estimate of drug-likeness (QED) is 0.796. The lowest BCUT2D eigenvalue weighted by Crippen LogP contribution is -2.26. The number of nitrogens with zero attached hydrogens (tertiary/aromatic N) is 1. The minimum Gasteiger partial charge on any atom is -0.370 e. The van der Waals surface area contributed by atoms with Gasteiger partial charge in [0.2, 0.25) is 0 Å². The molecule has 1 aromatic heterocycles. The van der Waals surface area contributed by atoms with Crippen molar-refractivity contribution in [2.75, 3.05) is 17.2 Å². The van der Waals surface area contributed by atoms with Crippen LogP contribution in [0.15, 0.2) is 18.2 Å². The van der Waals surface area contributed by atoms with E-state index in [1.165, 1.54) is 0 Å². The third-order valence-corrected chi connectivity index (χ3v) is 1.81. The number of aromatic nitrogens is 1. The fourth-order valence-corrected chi connectivity index (χ4v) is 1.24. The van der Waals surface area contributed by atoms with Gasteiger partial charge in [0.25, 0.3) is 0 Å². The summed E-state index contributed by atoms with van der Waals surface area (Å²) < 4.78 is 0. The summed E-state index contributed by atoms with van der Waals surface area (Å²) in [7, 11) is 0. The van der Waals surface area contributed by atoms with Gasteiger partial charge in [-0.3, -0.25) is 0 Å². The highest BCUT2D eigenvalue weighted by Crippen LogP contribution is 2.14. The Kier molecular flexibility index (Phi) is 3.95. The van der Waals surface area contributed by atoms with E-state index in [1.807, 2.05) is 18.2 Å². The molecule has 0 bridgehead atoms. The predicted octanol–water partition coefficient (Wildman–Crippen LogP) is 3.11. The first-order chi connectivity index (χ1) is 7.01. The van der Waals surface area contributed by atoms with Crippen LogP contribution in [0, 0.1) is 0 Å². The summed E-state index contributed by atoms with van der Waals surface area (Å²) in [6, 6.07) is 5.99. The first-order valence-electron chi connectivity index (χ1n) is 5.50. The number of hydrogen-bond acceptors (Lipinski definition) is 3. The Balaban J connectivity index is 2.66. The maximum Gasteiger partial charge on any atom is 0.128 e. The molecule has 0 spiro atoms. The van der Waals surface area contributed by atoms with Crippen molar-refractivity contribution in [3.63, 3.8) is 0 Å². The molecule has 0 radical (unpaired) electrons. The maximum absolute atomic E-state index is 4.47. The van der Waals surface area contributed by atoms with Crippen LogP contribution in [-0.4, -0.2) is 17.1 Å². The largest absolute Gasteiger partial charge is 0.370 e. The average molecular weight is 207 g/mol. The van der Waals surface area contributed by atoms with Crippen molar-refractivity contribution in [1.29, 1.82) is 0 Å². The zero-order chi connectivity index (χ0) is 11.3. The second kappa shape index (κ2) is 5.01. The topological polar surface area (TPSA) is 37.0 Å². The zero-order valence-corrected chi connectivity index (χ0v) is 10.1. The summed E-state index contributed by atoms with van der Waals surface area (Å²) in [6.07, 6.45) is 1.11. The number of nitrogens with one attached hydrogen (secondary N) is 2. The van der Waals surface area contributed by atoms with E-state index in [0.717, 1.165) is 24.6 Å². The lowest BCUT2D eigenvalue weighted by molar-refractivity contribution is 0.630. The number of pyridine rings is 1. The highest BCUT2D eigenvalue weighted by molar-refractivity contribution is 5.46. The van der Waals surface area contributed by atoms with Gasteiger partial charge in [-0.1, -0.05) is 13.0 Å². The molecule has 84 valence electrons. The van der Waals surface area contributed by atoms with Crippen LogP contribution >= 0.6 is 0 Å². The van der Waals surface area contributed by atoms with Crippen LogP contribution in [0.5, 0.6) is 0 Å². The van der Waals surface area contributed by atoms with Crippen molar-refractivity contribution in [2.24, 2.45) is 0 Å². The summed E-state index contributed by atoms with van der Waals surface area (Å²) in [5.74, 6) is 1.86. The van der Waals surface area contributed by atoms with E-state index in [9.17, 15) is 0 Å². The van der Waals surface area contributed by atoms with Crippen molar-refractivity contribution in [2.45, 2.75) is 39.7 Å². The molecule has 0 aliphatic heterocycles. The Morgan fingerprint density at radius 1 is 1.20 bits per heavy atom. The van der Waals surface area contributed by atoms with Gasteiger partial charge in [0, 0.05) is 12.1 Å². The normalized spacial score (nSPS) is 11.2. The standard InChI is InChI=1S/C12H21N3/c1-5-9-13-10-7-6-8-11(14-10)15-12(2,3)4/h6-8H,5,9H2,1-4H3,(H2,13,14,15). The molecule has 1 rings (SSSR count). The van der Waals surface area contributed by atoms with E-state index < -0.39 is 0 Å². The van der Waals surface area contributed by atoms with Gasteiger partial charge in [-0.15, -0.1) is 0 Å². The smallest absolute Gasteiger partial charge is 0.128 e. The monoisotopic (exact) mass is 207 g/mol. The Labute approximate surface area is 92.3 Å². The third-order valence-electron chi connectivity index (χ3n) is 1.81. The Morgan fingerprint density at radius 3 is 2.47 bits per heavy atom. The Hall–Kier alpha value is -1.25. The number of rotatable bonds is 4. The molecule has 0 saturated heterocycles. The summed E-state index contributed by atoms with van der Waals surface area (Å²) >= 11 is 0. The minimum atomic E-state index is 0.0520. The van der Waals surface area contributed by atoms with Crippen molar-refractivity contribution in [1.82, 2.24) is 4.98 Å². The predicted molar refractivity (Wildman–Crippen MR) is 66.4 cm³/mol. The van der Waals surface area contributed by atoms with Crippen LogP contribution in [-0.2, 0) is 0 Å². The summed E-state index contributed by atoms with van der Waals surface area (Å²) in [5.41, 5.74) is 0.0520. The molecular weight excluding hydrogens is 186 g/mol. The molecule has 15 heavy (non-hydrogen) atoms. The zero-order valence-electron chi connectivity index (χ0n) is 10.1. The Morgan fingerprint density at radius 2 is 1.87 bits per heavy atom. The molecule has 0 aliphatic carbocycles. The lowest BCUT2D eigenvalue weighted by atomic mass is 10.1. The van der Waals surface area contributed by atoms with Crippen molar-refractivity contribution in [3.05, 3.63) is 18.2 Å². The molecule has 0 fully saturated rings. The van der Waals surface area contributed by atoms with Crippen LogP contribution in [0.25, 0.3) is 0 Å². The highest BCUT2D eigenvalue weighted by atomic mass is 15.1. The van der Waals surface area contributed by atoms with Gasteiger partial charge in [-0.25, -0.2) is 4.98 Å². The van der Waals surface area contributed by atoms with Crippen LogP contribution < -0.4 is 10.6 Å². The molecule has 3 nitrogen and oxygen atoms in total. The molecule has 2 N–H and O–H groups in total. The minimum absolute atomic E-state index is 0.0520. The van der Waals surface area contributed by atoms with Crippen molar-refractivity contribution in [3.8, 4) is 0 Å². The molecule has 0 aliphatic rings. The summed E-state index contributed by atoms with van der Waals surface area (Å²) in [5, 5.41) is 6.62. The fraction of sp³-hybridized carbons (Fsp3) is 0.583. The molecule has 0 aromatic carbocycles. The molecule has 0 atom stereocenters. The molecule has 1 aromatic rings. The van der Waals surface area contributed by atoms with Gasteiger partial charge in [0.05, 0.1) is 0 Å². The van der Waals surface area contributed by atoms with Gasteiger partial charge in [0.1, 0.15) is 11.6 Å². The molecule has 3 heteroatoms. The van der Waals surface area contributed by atoms with E-state index in [-0.39, 0.29) is 5.54 Å². The Bertz CT molecular complexity index is 302. The van der Waals surface area contributed by atoms with Crippen LogP contribution in [0.4, 0.5) is 11.6 Å². The van der Waals surface area contributed by atoms with E-state index >= 15 is 0 Å². The van der Waals surface area contributed by atoms with Crippen molar-refractivity contribution >= 4 is 11.6 Å². The van der Waals surface area contributed by atoms with E-state index in [2.05, 4.69) is 43.3 Å². The third kappa shape index (κ3) is 4.68. The molecule has 0 unspecified atom stereocenters. The van der Waals surface area contributed by atoms with Crippen LogP contribution in [0.3, 0.4) is 0 Å². The first-order valence-corrected chi connectivity index (χ1v) is 5.50. The average Bonchev–Trinajstić information content (AvgIpc) is 2.12. The fourth-order valence-electron chi connectivity index (χ4n) is 1.24. The highest BCUT2D eigenvalue weighted by Gasteiger charge is 2.09. The maximum atomic E-state index is 4.47. The van der Waals surface area contributed by atoms with E-state index in [1.54, 1.807) is 0 Å². The van der Waals surface area contributed by atoms with Gasteiger partial charge in [-0.05, 0) is 39.3 Å². The second-order valence-electron chi connectivity index (χ2n) is 4.71. The van der Waals surface area contributed by atoms with E-state index in [0.29, 0.717) is 0 Å². The van der Waals surface area contributed by atoms with Gasteiger partial charge in [0.15, 0.2) is 0 Å². The summed E-state index contributed by atoms with van der Waals surface area (Å²) in [6.45, 7) is 9.48. The van der Waals surface area contributed by atoms with E-state index in [4.69, 9.17) is 0 Å².